The Hall–Kier alpha value is -2.24. The average molecular weight is 263 g/mol. The average Bonchev–Trinajstić information content (AvgIpc) is 2.91. The fourth-order valence-corrected chi connectivity index (χ4v) is 1.93. The molecule has 2 rings (SSSR count). The van der Waals surface area contributed by atoms with Gasteiger partial charge in [-0.1, -0.05) is 6.58 Å². The van der Waals surface area contributed by atoms with E-state index in [1.54, 1.807) is 28.9 Å². The van der Waals surface area contributed by atoms with Gasteiger partial charge in [-0.15, -0.1) is 0 Å². The molecule has 2 heterocycles. The van der Waals surface area contributed by atoms with Crippen LogP contribution in [-0.2, 0) is 0 Å². The number of nitrogens with one attached hydrogen (secondary N) is 1. The number of amides is 3. The zero-order chi connectivity index (χ0) is 13.8. The molecule has 1 aromatic rings. The molecule has 0 spiro atoms. The van der Waals surface area contributed by atoms with E-state index in [0.717, 1.165) is 0 Å². The summed E-state index contributed by atoms with van der Waals surface area (Å²) in [5, 5.41) is 2.65. The van der Waals surface area contributed by atoms with Gasteiger partial charge in [-0.3, -0.25) is 4.79 Å². The van der Waals surface area contributed by atoms with Gasteiger partial charge in [0.05, 0.1) is 6.26 Å². The molecule has 0 unspecified atom stereocenters. The number of piperazine rings is 1. The minimum atomic E-state index is -0.169. The van der Waals surface area contributed by atoms with E-state index < -0.39 is 0 Å². The van der Waals surface area contributed by atoms with E-state index in [2.05, 4.69) is 11.9 Å². The predicted molar refractivity (Wildman–Crippen MR) is 69.5 cm³/mol. The lowest BCUT2D eigenvalue weighted by molar-refractivity contribution is 0.0635. The number of hydrogen-bond acceptors (Lipinski definition) is 3. The Labute approximate surface area is 111 Å². The molecular weight excluding hydrogens is 246 g/mol. The van der Waals surface area contributed by atoms with Crippen molar-refractivity contribution in [1.82, 2.24) is 15.1 Å². The fraction of sp³-hybridized carbons (Fsp3) is 0.385. The predicted octanol–water partition coefficient (Wildman–Crippen LogP) is 1.28. The van der Waals surface area contributed by atoms with E-state index in [9.17, 15) is 9.59 Å². The summed E-state index contributed by atoms with van der Waals surface area (Å²) in [6, 6.07) is 3.16. The maximum absolute atomic E-state index is 12.0. The second-order valence-corrected chi connectivity index (χ2v) is 4.47. The molecule has 1 N–H and O–H groups in total. The third-order valence-electron chi connectivity index (χ3n) is 2.91. The molecule has 1 saturated heterocycles. The van der Waals surface area contributed by atoms with E-state index in [-0.39, 0.29) is 11.9 Å². The Morgan fingerprint density at radius 1 is 1.26 bits per heavy atom. The van der Waals surface area contributed by atoms with Gasteiger partial charge in [0.15, 0.2) is 5.76 Å². The number of allylic oxidation sites excluding steroid dienone is 1. The van der Waals surface area contributed by atoms with Crippen molar-refractivity contribution in [3.05, 3.63) is 36.4 Å². The maximum Gasteiger partial charge on any atom is 0.321 e. The van der Waals surface area contributed by atoms with Crippen LogP contribution in [0.2, 0.25) is 0 Å². The Morgan fingerprint density at radius 2 is 1.89 bits per heavy atom. The summed E-state index contributed by atoms with van der Waals surface area (Å²) in [4.78, 5) is 27.1. The Balaban J connectivity index is 1.87. The molecule has 0 radical (unpaired) electrons. The summed E-state index contributed by atoms with van der Waals surface area (Å²) >= 11 is 0. The van der Waals surface area contributed by atoms with E-state index in [1.807, 2.05) is 0 Å². The number of urea groups is 1. The molecule has 102 valence electrons. The van der Waals surface area contributed by atoms with Crippen LogP contribution < -0.4 is 5.32 Å². The molecule has 0 bridgehead atoms. The number of carbonyl (C=O) groups is 2. The van der Waals surface area contributed by atoms with Gasteiger partial charge in [0.25, 0.3) is 5.91 Å². The van der Waals surface area contributed by atoms with Crippen LogP contribution in [0.1, 0.15) is 17.5 Å². The van der Waals surface area contributed by atoms with Gasteiger partial charge >= 0.3 is 6.03 Å². The first-order valence-electron chi connectivity index (χ1n) is 6.12. The fourth-order valence-electron chi connectivity index (χ4n) is 1.93. The summed E-state index contributed by atoms with van der Waals surface area (Å²) in [5.41, 5.74) is 0.610. The molecule has 6 nitrogen and oxygen atoms in total. The Kier molecular flexibility index (Phi) is 3.89. The molecule has 1 aliphatic heterocycles. The first-order chi connectivity index (χ1) is 9.08. The molecule has 6 heteroatoms. The lowest BCUT2D eigenvalue weighted by atomic mass is 10.3. The molecule has 19 heavy (non-hydrogen) atoms. The molecular formula is C13H17N3O3. The van der Waals surface area contributed by atoms with E-state index >= 15 is 0 Å². The first kappa shape index (κ1) is 13.2. The molecule has 0 saturated carbocycles. The van der Waals surface area contributed by atoms with Crippen LogP contribution in [0.15, 0.2) is 35.1 Å². The smallest absolute Gasteiger partial charge is 0.321 e. The topological polar surface area (TPSA) is 65.8 Å². The van der Waals surface area contributed by atoms with Crippen molar-refractivity contribution in [2.45, 2.75) is 6.92 Å². The summed E-state index contributed by atoms with van der Waals surface area (Å²) in [6.45, 7) is 7.38. The highest BCUT2D eigenvalue weighted by atomic mass is 16.3. The number of furan rings is 1. The second-order valence-electron chi connectivity index (χ2n) is 4.47. The van der Waals surface area contributed by atoms with E-state index in [0.29, 0.717) is 37.6 Å². The zero-order valence-electron chi connectivity index (χ0n) is 10.9. The normalized spacial score (nSPS) is 15.2. The van der Waals surface area contributed by atoms with Gasteiger partial charge in [-0.05, 0) is 19.1 Å². The maximum atomic E-state index is 12.0. The molecule has 0 atom stereocenters. The Bertz CT molecular complexity index is 473. The minimum absolute atomic E-state index is 0.134. The van der Waals surface area contributed by atoms with Crippen LogP contribution >= 0.6 is 0 Å². The SMILES string of the molecule is C=C(C)NC(=O)N1CCN(C(=O)c2ccco2)CC1. The van der Waals surface area contributed by atoms with Crippen LogP contribution in [0.3, 0.4) is 0 Å². The van der Waals surface area contributed by atoms with Crippen LogP contribution in [0.25, 0.3) is 0 Å². The van der Waals surface area contributed by atoms with Crippen LogP contribution in [0.4, 0.5) is 4.79 Å². The van der Waals surface area contributed by atoms with Crippen LogP contribution in [0, 0.1) is 0 Å². The summed E-state index contributed by atoms with van der Waals surface area (Å²) < 4.78 is 5.08. The lowest BCUT2D eigenvalue weighted by Crippen LogP contribution is -2.52. The van der Waals surface area contributed by atoms with Crippen molar-refractivity contribution in [3.8, 4) is 0 Å². The standard InChI is InChI=1S/C13H17N3O3/c1-10(2)14-13(18)16-7-5-15(6-8-16)12(17)11-4-3-9-19-11/h3-4,9H,1,5-8H2,2H3,(H,14,18). The summed E-state index contributed by atoms with van der Waals surface area (Å²) in [5.74, 6) is 0.199. The van der Waals surface area contributed by atoms with Gasteiger partial charge in [0.1, 0.15) is 0 Å². The molecule has 0 aromatic carbocycles. The summed E-state index contributed by atoms with van der Waals surface area (Å²) in [7, 11) is 0. The van der Waals surface area contributed by atoms with Crippen molar-refractivity contribution < 1.29 is 14.0 Å². The number of rotatable bonds is 2. The highest BCUT2D eigenvalue weighted by molar-refractivity contribution is 5.91. The second kappa shape index (κ2) is 5.60. The van der Waals surface area contributed by atoms with Gasteiger partial charge in [0.2, 0.25) is 0 Å². The molecule has 1 fully saturated rings. The number of carbonyl (C=O) groups excluding carboxylic acids is 2. The zero-order valence-corrected chi connectivity index (χ0v) is 10.9. The number of nitrogens with zero attached hydrogens (tertiary/aromatic N) is 2. The highest BCUT2D eigenvalue weighted by Gasteiger charge is 2.25. The highest BCUT2D eigenvalue weighted by Crippen LogP contribution is 2.09. The van der Waals surface area contributed by atoms with Gasteiger partial charge in [-0.2, -0.15) is 0 Å². The monoisotopic (exact) mass is 263 g/mol. The largest absolute Gasteiger partial charge is 0.459 e. The van der Waals surface area contributed by atoms with Crippen molar-refractivity contribution in [1.29, 1.82) is 0 Å². The van der Waals surface area contributed by atoms with E-state index in [4.69, 9.17) is 4.42 Å². The van der Waals surface area contributed by atoms with Crippen LogP contribution in [-0.4, -0.2) is 47.9 Å². The van der Waals surface area contributed by atoms with Crippen molar-refractivity contribution in [3.63, 3.8) is 0 Å². The quantitative estimate of drug-likeness (QED) is 0.874. The Morgan fingerprint density at radius 3 is 2.42 bits per heavy atom. The van der Waals surface area contributed by atoms with E-state index in [1.165, 1.54) is 6.26 Å². The first-order valence-corrected chi connectivity index (χ1v) is 6.12. The molecule has 3 amide bonds. The van der Waals surface area contributed by atoms with Crippen LogP contribution in [0.5, 0.6) is 0 Å². The van der Waals surface area contributed by atoms with Gasteiger partial charge < -0.3 is 19.5 Å². The van der Waals surface area contributed by atoms with Crippen molar-refractivity contribution in [2.75, 3.05) is 26.2 Å². The molecule has 0 aliphatic carbocycles. The van der Waals surface area contributed by atoms with Crippen molar-refractivity contribution in [2.24, 2.45) is 0 Å². The third-order valence-corrected chi connectivity index (χ3v) is 2.91. The minimum Gasteiger partial charge on any atom is -0.459 e. The molecule has 1 aromatic heterocycles. The summed E-state index contributed by atoms with van der Waals surface area (Å²) in [6.07, 6.45) is 1.48. The lowest BCUT2D eigenvalue weighted by Gasteiger charge is -2.34. The molecule has 1 aliphatic rings. The number of hydrogen-bond donors (Lipinski definition) is 1. The third kappa shape index (κ3) is 3.15. The van der Waals surface area contributed by atoms with Gasteiger partial charge in [0, 0.05) is 31.9 Å². The van der Waals surface area contributed by atoms with Crippen molar-refractivity contribution >= 4 is 11.9 Å². The van der Waals surface area contributed by atoms with Gasteiger partial charge in [-0.25, -0.2) is 4.79 Å².